The lowest BCUT2D eigenvalue weighted by atomic mass is 9.91. The molecule has 0 aliphatic heterocycles. The molecule has 2 nitrogen and oxygen atoms in total. The Labute approximate surface area is 105 Å². The zero-order valence-corrected chi connectivity index (χ0v) is 12.0. The Bertz CT molecular complexity index is 185. The van der Waals surface area contributed by atoms with Crippen LogP contribution in [0.5, 0.6) is 0 Å². The van der Waals surface area contributed by atoms with E-state index >= 15 is 0 Å². The third kappa shape index (κ3) is 14.0. The van der Waals surface area contributed by atoms with Gasteiger partial charge in [0.1, 0.15) is 5.78 Å². The highest BCUT2D eigenvalue weighted by Gasteiger charge is 2.08. The average molecular weight is 246 g/mol. The summed E-state index contributed by atoms with van der Waals surface area (Å²) in [6.07, 6.45) is 3.11. The molecular weight excluding hydrogens is 220 g/mol. The second kappa shape index (κ2) is 9.06. The van der Waals surface area contributed by atoms with Gasteiger partial charge in [0.25, 0.3) is 0 Å². The van der Waals surface area contributed by atoms with E-state index in [1.54, 1.807) is 6.92 Å². The molecular formula is C13H26O2S. The molecule has 0 aromatic rings. The molecule has 0 aromatic carbocycles. The predicted octanol–water partition coefficient (Wildman–Crippen LogP) is 3.54. The van der Waals surface area contributed by atoms with Gasteiger partial charge in [-0.2, -0.15) is 11.8 Å². The van der Waals surface area contributed by atoms with Gasteiger partial charge < -0.3 is 4.74 Å². The fraction of sp³-hybridized carbons (Fsp3) is 0.923. The van der Waals surface area contributed by atoms with Crippen molar-refractivity contribution in [2.75, 3.05) is 24.7 Å². The minimum absolute atomic E-state index is 0.206. The van der Waals surface area contributed by atoms with Gasteiger partial charge in [0.2, 0.25) is 0 Å². The molecule has 0 bridgehead atoms. The largest absolute Gasteiger partial charge is 0.380 e. The van der Waals surface area contributed by atoms with E-state index in [0.29, 0.717) is 18.4 Å². The summed E-state index contributed by atoms with van der Waals surface area (Å²) in [5.41, 5.74) is 0.457. The quantitative estimate of drug-likeness (QED) is 0.582. The highest BCUT2D eigenvalue weighted by molar-refractivity contribution is 7.99. The zero-order chi connectivity index (χ0) is 12.4. The highest BCUT2D eigenvalue weighted by Crippen LogP contribution is 2.21. The van der Waals surface area contributed by atoms with Crippen LogP contribution in [0.15, 0.2) is 0 Å². The first kappa shape index (κ1) is 16.0. The zero-order valence-electron chi connectivity index (χ0n) is 11.2. The number of rotatable bonds is 9. The fourth-order valence-electron chi connectivity index (χ4n) is 1.24. The van der Waals surface area contributed by atoms with Gasteiger partial charge in [-0.1, -0.05) is 20.8 Å². The maximum Gasteiger partial charge on any atom is 0.132 e. The standard InChI is InChI=1S/C13H26O2S/c1-12(14)6-8-15-9-11-16-10-5-7-13(2,3)4/h5-11H2,1-4H3. The Morgan fingerprint density at radius 3 is 2.44 bits per heavy atom. The molecule has 0 rings (SSSR count). The van der Waals surface area contributed by atoms with E-state index in [4.69, 9.17) is 4.74 Å². The van der Waals surface area contributed by atoms with Gasteiger partial charge in [-0.15, -0.1) is 0 Å². The summed E-state index contributed by atoms with van der Waals surface area (Å²) in [4.78, 5) is 10.6. The number of carbonyl (C=O) groups excluding carboxylic acids is 1. The molecule has 0 atom stereocenters. The lowest BCUT2D eigenvalue weighted by Gasteiger charge is -2.17. The molecule has 0 radical (unpaired) electrons. The summed E-state index contributed by atoms with van der Waals surface area (Å²) in [5, 5.41) is 0. The summed E-state index contributed by atoms with van der Waals surface area (Å²) in [7, 11) is 0. The topological polar surface area (TPSA) is 26.3 Å². The van der Waals surface area contributed by atoms with Crippen LogP contribution in [0.25, 0.3) is 0 Å². The first-order valence-electron chi connectivity index (χ1n) is 6.07. The summed E-state index contributed by atoms with van der Waals surface area (Å²) in [6, 6.07) is 0. The molecule has 0 saturated heterocycles. The lowest BCUT2D eigenvalue weighted by molar-refractivity contribution is -0.118. The van der Waals surface area contributed by atoms with Crippen LogP contribution < -0.4 is 0 Å². The minimum Gasteiger partial charge on any atom is -0.380 e. The van der Waals surface area contributed by atoms with Gasteiger partial charge >= 0.3 is 0 Å². The van der Waals surface area contributed by atoms with E-state index in [9.17, 15) is 4.79 Å². The van der Waals surface area contributed by atoms with Gasteiger partial charge in [-0.3, -0.25) is 4.79 Å². The Morgan fingerprint density at radius 2 is 1.88 bits per heavy atom. The van der Waals surface area contributed by atoms with Gasteiger partial charge in [-0.25, -0.2) is 0 Å². The molecule has 3 heteroatoms. The van der Waals surface area contributed by atoms with E-state index in [1.807, 2.05) is 11.8 Å². The van der Waals surface area contributed by atoms with Gasteiger partial charge in [0.05, 0.1) is 13.2 Å². The number of ketones is 1. The van der Waals surface area contributed by atoms with Crippen molar-refractivity contribution in [3.8, 4) is 0 Å². The second-order valence-corrected chi connectivity index (χ2v) is 6.57. The monoisotopic (exact) mass is 246 g/mol. The molecule has 0 N–H and O–H groups in total. The predicted molar refractivity (Wildman–Crippen MR) is 72.1 cm³/mol. The Hall–Kier alpha value is -0.0200. The van der Waals surface area contributed by atoms with Crippen molar-refractivity contribution in [1.82, 2.24) is 0 Å². The summed E-state index contributed by atoms with van der Waals surface area (Å²) < 4.78 is 5.35. The Kier molecular flexibility index (Phi) is 9.04. The van der Waals surface area contributed by atoms with E-state index in [0.717, 1.165) is 12.4 Å². The number of hydrogen-bond acceptors (Lipinski definition) is 3. The maximum atomic E-state index is 10.6. The van der Waals surface area contributed by atoms with Crippen molar-refractivity contribution in [2.45, 2.75) is 47.0 Å². The summed E-state index contributed by atoms with van der Waals surface area (Å²) in [6.45, 7) is 9.80. The van der Waals surface area contributed by atoms with Crippen LogP contribution in [0.4, 0.5) is 0 Å². The number of ether oxygens (including phenoxy) is 1. The van der Waals surface area contributed by atoms with E-state index in [-0.39, 0.29) is 5.78 Å². The van der Waals surface area contributed by atoms with Crippen molar-refractivity contribution in [2.24, 2.45) is 5.41 Å². The van der Waals surface area contributed by atoms with Gasteiger partial charge in [0, 0.05) is 12.2 Å². The Morgan fingerprint density at radius 1 is 1.19 bits per heavy atom. The molecule has 0 amide bonds. The first-order chi connectivity index (χ1) is 7.42. The summed E-state index contributed by atoms with van der Waals surface area (Å²) in [5.74, 6) is 2.47. The molecule has 0 unspecified atom stereocenters. The van der Waals surface area contributed by atoms with Crippen LogP contribution >= 0.6 is 11.8 Å². The van der Waals surface area contributed by atoms with E-state index in [2.05, 4.69) is 20.8 Å². The number of thioether (sulfide) groups is 1. The molecule has 96 valence electrons. The summed E-state index contributed by atoms with van der Waals surface area (Å²) >= 11 is 1.94. The van der Waals surface area contributed by atoms with Crippen molar-refractivity contribution >= 4 is 17.5 Å². The third-order valence-electron chi connectivity index (χ3n) is 2.19. The molecule has 0 fully saturated rings. The minimum atomic E-state index is 0.206. The van der Waals surface area contributed by atoms with Crippen molar-refractivity contribution in [3.05, 3.63) is 0 Å². The number of carbonyl (C=O) groups is 1. The maximum absolute atomic E-state index is 10.6. The van der Waals surface area contributed by atoms with Crippen LogP contribution in [0.3, 0.4) is 0 Å². The number of Topliss-reactive ketones (excluding diaryl/α,β-unsaturated/α-hetero) is 1. The van der Waals surface area contributed by atoms with Crippen molar-refractivity contribution in [3.63, 3.8) is 0 Å². The Balaban J connectivity index is 3.07. The van der Waals surface area contributed by atoms with Crippen LogP contribution in [-0.2, 0) is 9.53 Å². The van der Waals surface area contributed by atoms with Crippen LogP contribution in [0, 0.1) is 5.41 Å². The molecule has 16 heavy (non-hydrogen) atoms. The van der Waals surface area contributed by atoms with Crippen molar-refractivity contribution < 1.29 is 9.53 Å². The molecule has 0 spiro atoms. The van der Waals surface area contributed by atoms with Gasteiger partial charge in [-0.05, 0) is 30.9 Å². The normalized spacial score (nSPS) is 11.8. The number of hydrogen-bond donors (Lipinski definition) is 0. The van der Waals surface area contributed by atoms with Crippen LogP contribution in [-0.4, -0.2) is 30.5 Å². The second-order valence-electron chi connectivity index (χ2n) is 5.34. The van der Waals surface area contributed by atoms with Crippen molar-refractivity contribution in [1.29, 1.82) is 0 Å². The lowest BCUT2D eigenvalue weighted by Crippen LogP contribution is -2.06. The molecule has 0 saturated carbocycles. The van der Waals surface area contributed by atoms with Crippen LogP contribution in [0.2, 0.25) is 0 Å². The molecule has 0 aliphatic carbocycles. The van der Waals surface area contributed by atoms with E-state index < -0.39 is 0 Å². The van der Waals surface area contributed by atoms with Crippen LogP contribution in [0.1, 0.15) is 47.0 Å². The van der Waals surface area contributed by atoms with Gasteiger partial charge in [0.15, 0.2) is 0 Å². The third-order valence-corrected chi connectivity index (χ3v) is 3.22. The average Bonchev–Trinajstić information content (AvgIpc) is 2.13. The molecule has 0 aliphatic rings. The molecule has 0 heterocycles. The SMILES string of the molecule is CC(=O)CCOCCSCCCC(C)(C)C. The first-order valence-corrected chi connectivity index (χ1v) is 7.22. The molecule has 0 aromatic heterocycles. The highest BCUT2D eigenvalue weighted by atomic mass is 32.2. The fourth-order valence-corrected chi connectivity index (χ4v) is 2.03. The smallest absolute Gasteiger partial charge is 0.132 e. The van der Waals surface area contributed by atoms with E-state index in [1.165, 1.54) is 18.6 Å².